The van der Waals surface area contributed by atoms with E-state index in [0.29, 0.717) is 13.1 Å². The van der Waals surface area contributed by atoms with Gasteiger partial charge in [-0.25, -0.2) is 0 Å². The second kappa shape index (κ2) is 6.85. The molecule has 0 saturated carbocycles. The van der Waals surface area contributed by atoms with E-state index in [1.807, 2.05) is 6.07 Å². The molecule has 4 N–H and O–H groups in total. The minimum Gasteiger partial charge on any atom is -0.389 e. The Morgan fingerprint density at radius 2 is 2.00 bits per heavy atom. The second-order valence-corrected chi connectivity index (χ2v) is 4.87. The van der Waals surface area contributed by atoms with Crippen molar-refractivity contribution in [2.24, 2.45) is 0 Å². The van der Waals surface area contributed by atoms with Crippen LogP contribution in [-0.4, -0.2) is 48.1 Å². The molecule has 2 rings (SSSR count). The number of aliphatic hydroxyl groups excluding tert-OH is 2. The van der Waals surface area contributed by atoms with Crippen LogP contribution < -0.4 is 10.6 Å². The number of benzene rings is 1. The van der Waals surface area contributed by atoms with Crippen molar-refractivity contribution in [2.45, 2.75) is 31.1 Å². The van der Waals surface area contributed by atoms with Gasteiger partial charge in [0.05, 0.1) is 12.2 Å². The topological polar surface area (TPSA) is 64.5 Å². The molecule has 0 aromatic heterocycles. The maximum Gasteiger partial charge on any atom is 0.0976 e. The molecule has 0 bridgehead atoms. The predicted octanol–water partition coefficient (Wildman–Crippen LogP) is -0.0976. The summed E-state index contributed by atoms with van der Waals surface area (Å²) in [6, 6.07) is 10.4. The molecule has 4 nitrogen and oxygen atoms in total. The summed E-state index contributed by atoms with van der Waals surface area (Å²) in [6.45, 7) is 2.11. The fourth-order valence-corrected chi connectivity index (χ4v) is 2.29. The molecule has 4 heteroatoms. The Balaban J connectivity index is 1.57. The van der Waals surface area contributed by atoms with Crippen molar-refractivity contribution in [1.82, 2.24) is 10.6 Å². The molecule has 18 heavy (non-hydrogen) atoms. The van der Waals surface area contributed by atoms with Gasteiger partial charge < -0.3 is 20.8 Å². The lowest BCUT2D eigenvalue weighted by Gasteiger charge is -2.16. The number of hydrogen-bond acceptors (Lipinski definition) is 4. The molecular weight excluding hydrogens is 228 g/mol. The van der Waals surface area contributed by atoms with Crippen molar-refractivity contribution in [3.63, 3.8) is 0 Å². The Morgan fingerprint density at radius 3 is 2.67 bits per heavy atom. The summed E-state index contributed by atoms with van der Waals surface area (Å²) in [5.41, 5.74) is 1.36. The SMILES string of the molecule is O[C@H]1[C@@H](O)CN[C@@H]1CNCCCc1ccccc1. The van der Waals surface area contributed by atoms with Crippen molar-refractivity contribution >= 4 is 0 Å². The summed E-state index contributed by atoms with van der Waals surface area (Å²) in [4.78, 5) is 0. The Labute approximate surface area is 108 Å². The van der Waals surface area contributed by atoms with Crippen molar-refractivity contribution < 1.29 is 10.2 Å². The molecule has 1 aromatic carbocycles. The zero-order valence-corrected chi connectivity index (χ0v) is 10.5. The number of hydrogen-bond donors (Lipinski definition) is 4. The molecular formula is C14H22N2O2. The zero-order chi connectivity index (χ0) is 12.8. The van der Waals surface area contributed by atoms with Crippen molar-refractivity contribution in [3.8, 4) is 0 Å². The molecule has 0 unspecified atom stereocenters. The third-order valence-electron chi connectivity index (χ3n) is 3.42. The first kappa shape index (κ1) is 13.5. The Bertz CT molecular complexity index is 345. The van der Waals surface area contributed by atoms with Crippen LogP contribution in [0.5, 0.6) is 0 Å². The molecule has 0 spiro atoms. The van der Waals surface area contributed by atoms with Crippen LogP contribution in [0.15, 0.2) is 30.3 Å². The van der Waals surface area contributed by atoms with Crippen LogP contribution in [0.2, 0.25) is 0 Å². The number of aryl methyl sites for hydroxylation is 1. The lowest BCUT2D eigenvalue weighted by molar-refractivity contribution is 0.0407. The first-order valence-corrected chi connectivity index (χ1v) is 6.61. The molecule has 1 saturated heterocycles. The highest BCUT2D eigenvalue weighted by Gasteiger charge is 2.32. The van der Waals surface area contributed by atoms with E-state index in [1.165, 1.54) is 5.56 Å². The molecule has 1 aliphatic rings. The highest BCUT2D eigenvalue weighted by Crippen LogP contribution is 2.07. The molecule has 0 aliphatic carbocycles. The number of β-amino-alcohol motifs (C(OH)–C–C–N with tert-alkyl or cyclic N) is 1. The highest BCUT2D eigenvalue weighted by atomic mass is 16.3. The van der Waals surface area contributed by atoms with E-state index >= 15 is 0 Å². The van der Waals surface area contributed by atoms with E-state index in [0.717, 1.165) is 19.4 Å². The fraction of sp³-hybridized carbons (Fsp3) is 0.571. The van der Waals surface area contributed by atoms with Crippen molar-refractivity contribution in [1.29, 1.82) is 0 Å². The van der Waals surface area contributed by atoms with E-state index in [9.17, 15) is 10.2 Å². The van der Waals surface area contributed by atoms with Gasteiger partial charge >= 0.3 is 0 Å². The Hall–Kier alpha value is -0.940. The van der Waals surface area contributed by atoms with Crippen LogP contribution >= 0.6 is 0 Å². The van der Waals surface area contributed by atoms with Crippen LogP contribution in [-0.2, 0) is 6.42 Å². The molecule has 3 atom stereocenters. The summed E-state index contributed by atoms with van der Waals surface area (Å²) in [7, 11) is 0. The molecule has 1 fully saturated rings. The van der Waals surface area contributed by atoms with Crippen molar-refractivity contribution in [3.05, 3.63) is 35.9 Å². The molecule has 0 amide bonds. The number of nitrogens with one attached hydrogen (secondary N) is 2. The molecule has 1 aromatic rings. The number of rotatable bonds is 6. The lowest BCUT2D eigenvalue weighted by atomic mass is 10.1. The zero-order valence-electron chi connectivity index (χ0n) is 10.5. The first-order chi connectivity index (χ1) is 8.77. The highest BCUT2D eigenvalue weighted by molar-refractivity contribution is 5.14. The first-order valence-electron chi connectivity index (χ1n) is 6.61. The third kappa shape index (κ3) is 3.78. The lowest BCUT2D eigenvalue weighted by Crippen LogP contribution is -2.41. The minimum absolute atomic E-state index is 0.0308. The van der Waals surface area contributed by atoms with Gasteiger partial charge in [0.1, 0.15) is 0 Å². The minimum atomic E-state index is -0.647. The van der Waals surface area contributed by atoms with Crippen LogP contribution in [0.3, 0.4) is 0 Å². The van der Waals surface area contributed by atoms with Gasteiger partial charge in [-0.3, -0.25) is 0 Å². The molecule has 100 valence electrons. The molecule has 1 aliphatic heterocycles. The van der Waals surface area contributed by atoms with Crippen LogP contribution in [0, 0.1) is 0 Å². The molecule has 0 radical (unpaired) electrons. The smallest absolute Gasteiger partial charge is 0.0976 e. The summed E-state index contributed by atoms with van der Waals surface area (Å²) < 4.78 is 0. The third-order valence-corrected chi connectivity index (χ3v) is 3.42. The maximum atomic E-state index is 9.64. The van der Waals surface area contributed by atoms with Crippen LogP contribution in [0.25, 0.3) is 0 Å². The van der Waals surface area contributed by atoms with Gasteiger partial charge in [-0.15, -0.1) is 0 Å². The monoisotopic (exact) mass is 250 g/mol. The Kier molecular flexibility index (Phi) is 5.13. The van der Waals surface area contributed by atoms with Crippen LogP contribution in [0.1, 0.15) is 12.0 Å². The van der Waals surface area contributed by atoms with Crippen LogP contribution in [0.4, 0.5) is 0 Å². The standard InChI is InChI=1S/C14H22N2O2/c17-13-10-16-12(14(13)18)9-15-8-4-7-11-5-2-1-3-6-11/h1-3,5-6,12-18H,4,7-10H2/t12-,13+,14-/m1/s1. The van der Waals surface area contributed by atoms with Gasteiger partial charge in [0.15, 0.2) is 0 Å². The van der Waals surface area contributed by atoms with Gasteiger partial charge in [0, 0.05) is 19.1 Å². The van der Waals surface area contributed by atoms with Crippen molar-refractivity contribution in [2.75, 3.05) is 19.6 Å². The average Bonchev–Trinajstić information content (AvgIpc) is 2.71. The second-order valence-electron chi connectivity index (χ2n) is 4.87. The van der Waals surface area contributed by atoms with Gasteiger partial charge in [-0.05, 0) is 24.9 Å². The Morgan fingerprint density at radius 1 is 1.22 bits per heavy atom. The van der Waals surface area contributed by atoms with Gasteiger partial charge in [0.2, 0.25) is 0 Å². The van der Waals surface area contributed by atoms with E-state index in [1.54, 1.807) is 0 Å². The summed E-state index contributed by atoms with van der Waals surface area (Å²) in [5.74, 6) is 0. The predicted molar refractivity (Wildman–Crippen MR) is 71.4 cm³/mol. The van der Waals surface area contributed by atoms with E-state index in [2.05, 4.69) is 34.9 Å². The van der Waals surface area contributed by atoms with E-state index in [-0.39, 0.29) is 6.04 Å². The van der Waals surface area contributed by atoms with E-state index < -0.39 is 12.2 Å². The van der Waals surface area contributed by atoms with E-state index in [4.69, 9.17) is 0 Å². The summed E-state index contributed by atoms with van der Waals surface area (Å²) >= 11 is 0. The largest absolute Gasteiger partial charge is 0.389 e. The summed E-state index contributed by atoms with van der Waals surface area (Å²) in [5, 5.41) is 25.4. The summed E-state index contributed by atoms with van der Waals surface area (Å²) in [6.07, 6.45) is 0.875. The fourth-order valence-electron chi connectivity index (χ4n) is 2.29. The maximum absolute atomic E-state index is 9.64. The number of aliphatic hydroxyl groups is 2. The molecule has 1 heterocycles. The van der Waals surface area contributed by atoms with Gasteiger partial charge in [-0.2, -0.15) is 0 Å². The quantitative estimate of drug-likeness (QED) is 0.533. The normalized spacial score (nSPS) is 27.6. The van der Waals surface area contributed by atoms with Gasteiger partial charge in [0.25, 0.3) is 0 Å². The average molecular weight is 250 g/mol. The van der Waals surface area contributed by atoms with Gasteiger partial charge in [-0.1, -0.05) is 30.3 Å².